The van der Waals surface area contributed by atoms with Crippen molar-refractivity contribution >= 4 is 17.7 Å². The summed E-state index contributed by atoms with van der Waals surface area (Å²) >= 11 is 0. The van der Waals surface area contributed by atoms with Crippen molar-refractivity contribution in [3.8, 4) is 11.5 Å². The quantitative estimate of drug-likeness (QED) is 0.328. The molecule has 0 unspecified atom stereocenters. The van der Waals surface area contributed by atoms with Crippen molar-refractivity contribution < 1.29 is 28.6 Å². The Balaban J connectivity index is 2.16. The highest BCUT2D eigenvalue weighted by atomic mass is 16.6. The maximum absolute atomic E-state index is 11.9. The molecule has 0 atom stereocenters. The normalized spacial score (nSPS) is 10.8. The number of carbonyl (C=O) groups is 2. The van der Waals surface area contributed by atoms with Gasteiger partial charge in [-0.25, -0.2) is 4.79 Å². The van der Waals surface area contributed by atoms with Crippen molar-refractivity contribution in [2.45, 2.75) is 13.5 Å². The van der Waals surface area contributed by atoms with E-state index in [2.05, 4.69) is 5.16 Å². The third-order valence-electron chi connectivity index (χ3n) is 3.31. The number of ether oxygens (including phenoxy) is 3. The third kappa shape index (κ3) is 5.07. The van der Waals surface area contributed by atoms with Gasteiger partial charge < -0.3 is 19.0 Å². The molecule has 0 bridgehead atoms. The molecule has 0 aromatic heterocycles. The summed E-state index contributed by atoms with van der Waals surface area (Å²) in [5.41, 5.74) is 1.34. The standard InChI is InChI=1S/C19H19NO6/c1-13(21)26-16-10-8-15(9-11-16)25-12-14-6-4-5-7-17(14)18(20-24-3)19(22)23-2/h4-11H,12H2,1-3H3/b20-18+. The Labute approximate surface area is 151 Å². The van der Waals surface area contributed by atoms with Gasteiger partial charge in [-0.1, -0.05) is 29.4 Å². The van der Waals surface area contributed by atoms with Crippen molar-refractivity contribution in [2.24, 2.45) is 5.16 Å². The number of benzene rings is 2. The van der Waals surface area contributed by atoms with Crippen LogP contribution in [0.5, 0.6) is 11.5 Å². The number of esters is 2. The molecule has 26 heavy (non-hydrogen) atoms. The number of nitrogens with zero attached hydrogens (tertiary/aromatic N) is 1. The fourth-order valence-electron chi connectivity index (χ4n) is 2.19. The van der Waals surface area contributed by atoms with E-state index in [0.29, 0.717) is 17.1 Å². The first kappa shape index (κ1) is 19.0. The van der Waals surface area contributed by atoms with E-state index in [1.807, 2.05) is 12.1 Å². The topological polar surface area (TPSA) is 83.4 Å². The average Bonchev–Trinajstić information content (AvgIpc) is 2.65. The van der Waals surface area contributed by atoms with Gasteiger partial charge in [-0.2, -0.15) is 0 Å². The minimum Gasteiger partial charge on any atom is -0.489 e. The highest BCUT2D eigenvalue weighted by molar-refractivity contribution is 6.43. The summed E-state index contributed by atoms with van der Waals surface area (Å²) in [5, 5.41) is 3.76. The van der Waals surface area contributed by atoms with E-state index in [4.69, 9.17) is 19.0 Å². The van der Waals surface area contributed by atoms with Crippen molar-refractivity contribution in [1.82, 2.24) is 0 Å². The second-order valence-corrected chi connectivity index (χ2v) is 5.12. The lowest BCUT2D eigenvalue weighted by molar-refractivity contribution is -0.133. The minimum atomic E-state index is -0.606. The van der Waals surface area contributed by atoms with Gasteiger partial charge in [-0.3, -0.25) is 4.79 Å². The molecule has 2 rings (SSSR count). The summed E-state index contributed by atoms with van der Waals surface area (Å²) in [6.07, 6.45) is 0. The molecule has 0 saturated heterocycles. The number of carbonyl (C=O) groups excluding carboxylic acids is 2. The molecular weight excluding hydrogens is 338 g/mol. The van der Waals surface area contributed by atoms with Gasteiger partial charge in [-0.05, 0) is 29.8 Å². The SMILES string of the molecule is CO/N=C(/C(=O)OC)c1ccccc1COc1ccc(OC(C)=O)cc1. The summed E-state index contributed by atoms with van der Waals surface area (Å²) in [4.78, 5) is 27.6. The Morgan fingerprint density at radius 1 is 0.962 bits per heavy atom. The molecule has 0 aliphatic heterocycles. The van der Waals surface area contributed by atoms with Crippen LogP contribution in [0.25, 0.3) is 0 Å². The Morgan fingerprint density at radius 2 is 1.62 bits per heavy atom. The van der Waals surface area contributed by atoms with E-state index < -0.39 is 5.97 Å². The lowest BCUT2D eigenvalue weighted by atomic mass is 10.0. The largest absolute Gasteiger partial charge is 0.489 e. The van der Waals surface area contributed by atoms with Crippen LogP contribution in [-0.4, -0.2) is 31.9 Å². The van der Waals surface area contributed by atoms with Gasteiger partial charge in [0.15, 0.2) is 5.71 Å². The second kappa shape index (κ2) is 9.22. The summed E-state index contributed by atoms with van der Waals surface area (Å²) in [6, 6.07) is 13.8. The van der Waals surface area contributed by atoms with E-state index in [1.165, 1.54) is 21.1 Å². The Morgan fingerprint density at radius 3 is 2.23 bits per heavy atom. The van der Waals surface area contributed by atoms with Crippen molar-refractivity contribution in [1.29, 1.82) is 0 Å². The van der Waals surface area contributed by atoms with Gasteiger partial charge in [0.05, 0.1) is 7.11 Å². The highest BCUT2D eigenvalue weighted by Gasteiger charge is 2.19. The molecule has 2 aromatic carbocycles. The van der Waals surface area contributed by atoms with Gasteiger partial charge in [0.1, 0.15) is 25.2 Å². The maximum atomic E-state index is 11.9. The van der Waals surface area contributed by atoms with Gasteiger partial charge in [-0.15, -0.1) is 0 Å². The summed E-state index contributed by atoms with van der Waals surface area (Å²) in [5.74, 6) is 0.0230. The van der Waals surface area contributed by atoms with E-state index in [0.717, 1.165) is 5.56 Å². The van der Waals surface area contributed by atoms with E-state index in [1.54, 1.807) is 36.4 Å². The molecule has 2 aromatic rings. The molecule has 7 heteroatoms. The minimum absolute atomic E-state index is 0.0550. The molecule has 136 valence electrons. The van der Waals surface area contributed by atoms with Crippen LogP contribution in [0.4, 0.5) is 0 Å². The number of oxime groups is 1. The zero-order valence-electron chi connectivity index (χ0n) is 14.7. The average molecular weight is 357 g/mol. The second-order valence-electron chi connectivity index (χ2n) is 5.12. The molecule has 0 aliphatic rings. The van der Waals surface area contributed by atoms with Crippen LogP contribution in [0.15, 0.2) is 53.7 Å². The Kier molecular flexibility index (Phi) is 6.73. The summed E-state index contributed by atoms with van der Waals surface area (Å²) in [7, 11) is 2.63. The van der Waals surface area contributed by atoms with Crippen LogP contribution >= 0.6 is 0 Å². The maximum Gasteiger partial charge on any atom is 0.360 e. The van der Waals surface area contributed by atoms with Crippen LogP contribution < -0.4 is 9.47 Å². The Hall–Kier alpha value is -3.35. The van der Waals surface area contributed by atoms with Crippen LogP contribution in [0, 0.1) is 0 Å². The number of hydrogen-bond acceptors (Lipinski definition) is 7. The van der Waals surface area contributed by atoms with E-state index in [-0.39, 0.29) is 18.3 Å². The lowest BCUT2D eigenvalue weighted by Crippen LogP contribution is -2.19. The van der Waals surface area contributed by atoms with Crippen LogP contribution in [-0.2, 0) is 25.8 Å². The number of rotatable bonds is 7. The molecule has 0 saturated carbocycles. The van der Waals surface area contributed by atoms with Crippen LogP contribution in [0.1, 0.15) is 18.1 Å². The predicted molar refractivity (Wildman–Crippen MR) is 94.1 cm³/mol. The van der Waals surface area contributed by atoms with Crippen LogP contribution in [0.3, 0.4) is 0 Å². The van der Waals surface area contributed by atoms with E-state index >= 15 is 0 Å². The lowest BCUT2D eigenvalue weighted by Gasteiger charge is -2.12. The molecule has 0 aliphatic carbocycles. The molecule has 0 spiro atoms. The third-order valence-corrected chi connectivity index (χ3v) is 3.31. The zero-order valence-corrected chi connectivity index (χ0v) is 14.7. The number of hydrogen-bond donors (Lipinski definition) is 0. The van der Waals surface area contributed by atoms with Crippen molar-refractivity contribution in [3.05, 3.63) is 59.7 Å². The number of methoxy groups -OCH3 is 1. The highest BCUT2D eigenvalue weighted by Crippen LogP contribution is 2.20. The predicted octanol–water partition coefficient (Wildman–Crippen LogP) is 2.71. The first-order chi connectivity index (χ1) is 12.5. The first-order valence-corrected chi connectivity index (χ1v) is 7.74. The van der Waals surface area contributed by atoms with Gasteiger partial charge >= 0.3 is 11.9 Å². The molecule has 0 N–H and O–H groups in total. The van der Waals surface area contributed by atoms with Gasteiger partial charge in [0.2, 0.25) is 0 Å². The van der Waals surface area contributed by atoms with Gasteiger partial charge in [0.25, 0.3) is 0 Å². The molecular formula is C19H19NO6. The van der Waals surface area contributed by atoms with Crippen LogP contribution in [0.2, 0.25) is 0 Å². The summed E-state index contributed by atoms with van der Waals surface area (Å²) in [6.45, 7) is 1.53. The zero-order chi connectivity index (χ0) is 18.9. The molecule has 0 fully saturated rings. The van der Waals surface area contributed by atoms with E-state index in [9.17, 15) is 9.59 Å². The molecule has 7 nitrogen and oxygen atoms in total. The molecule has 0 heterocycles. The first-order valence-electron chi connectivity index (χ1n) is 7.74. The molecule has 0 radical (unpaired) electrons. The fourth-order valence-corrected chi connectivity index (χ4v) is 2.19. The fraction of sp³-hybridized carbons (Fsp3) is 0.211. The monoisotopic (exact) mass is 357 g/mol. The van der Waals surface area contributed by atoms with Crippen molar-refractivity contribution in [3.63, 3.8) is 0 Å². The van der Waals surface area contributed by atoms with Gasteiger partial charge in [0, 0.05) is 12.5 Å². The molecule has 0 amide bonds. The Bertz CT molecular complexity index is 798. The summed E-state index contributed by atoms with van der Waals surface area (Å²) < 4.78 is 15.5. The smallest absolute Gasteiger partial charge is 0.360 e. The van der Waals surface area contributed by atoms with Crippen molar-refractivity contribution in [2.75, 3.05) is 14.2 Å².